The Morgan fingerprint density at radius 2 is 1.95 bits per heavy atom. The minimum atomic E-state index is -0.321. The van der Waals surface area contributed by atoms with E-state index in [-0.39, 0.29) is 23.3 Å². The Labute approximate surface area is 130 Å². The third kappa shape index (κ3) is 2.74. The van der Waals surface area contributed by atoms with E-state index in [0.29, 0.717) is 31.1 Å². The molecule has 3 rings (SSSR count). The van der Waals surface area contributed by atoms with E-state index in [1.165, 1.54) is 0 Å². The van der Waals surface area contributed by atoms with E-state index in [1.54, 1.807) is 4.90 Å². The fraction of sp³-hybridized carbons (Fsp3) is 0.688. The van der Waals surface area contributed by atoms with Gasteiger partial charge in [0.1, 0.15) is 5.69 Å². The third-order valence-corrected chi connectivity index (χ3v) is 4.46. The average molecular weight is 304 g/mol. The number of carbonyl (C=O) groups is 2. The van der Waals surface area contributed by atoms with E-state index in [4.69, 9.17) is 5.73 Å². The predicted molar refractivity (Wildman–Crippen MR) is 82.4 cm³/mol. The predicted octanol–water partition coefficient (Wildman–Crippen LogP) is 1.46. The van der Waals surface area contributed by atoms with Gasteiger partial charge in [-0.15, -0.1) is 0 Å². The average Bonchev–Trinajstić information content (AvgIpc) is 3.00. The first kappa shape index (κ1) is 15.1. The van der Waals surface area contributed by atoms with E-state index in [2.05, 4.69) is 5.10 Å². The minimum Gasteiger partial charge on any atom is -0.369 e. The highest BCUT2D eigenvalue weighted by Gasteiger charge is 2.35. The van der Waals surface area contributed by atoms with Crippen LogP contribution in [-0.2, 0) is 10.3 Å². The molecule has 1 atom stereocenters. The Hall–Kier alpha value is -1.85. The Kier molecular flexibility index (Phi) is 3.50. The van der Waals surface area contributed by atoms with Gasteiger partial charge in [0.25, 0.3) is 5.91 Å². The number of hydrogen-bond acceptors (Lipinski definition) is 3. The molecule has 120 valence electrons. The molecule has 0 bridgehead atoms. The molecule has 0 radical (unpaired) electrons. The summed E-state index contributed by atoms with van der Waals surface area (Å²) in [5.41, 5.74) is 6.75. The quantitative estimate of drug-likeness (QED) is 0.918. The molecule has 1 aromatic rings. The number of likely N-dealkylation sites (tertiary alicyclic amines) is 1. The van der Waals surface area contributed by atoms with Crippen molar-refractivity contribution in [2.45, 2.75) is 51.5 Å². The van der Waals surface area contributed by atoms with Crippen LogP contribution in [0, 0.1) is 5.92 Å². The zero-order valence-electron chi connectivity index (χ0n) is 13.5. The van der Waals surface area contributed by atoms with Crippen molar-refractivity contribution in [3.8, 4) is 0 Å². The monoisotopic (exact) mass is 304 g/mol. The lowest BCUT2D eigenvalue weighted by Crippen LogP contribution is -2.35. The summed E-state index contributed by atoms with van der Waals surface area (Å²) in [5, 5.41) is 4.67. The van der Waals surface area contributed by atoms with Gasteiger partial charge in [-0.1, -0.05) is 0 Å². The van der Waals surface area contributed by atoms with Crippen molar-refractivity contribution < 1.29 is 9.59 Å². The molecule has 1 aliphatic carbocycles. The summed E-state index contributed by atoms with van der Waals surface area (Å²) in [4.78, 5) is 25.9. The highest BCUT2D eigenvalue weighted by molar-refractivity contribution is 5.93. The maximum Gasteiger partial charge on any atom is 0.272 e. The summed E-state index contributed by atoms with van der Waals surface area (Å²) in [6.07, 6.45) is 2.96. The topological polar surface area (TPSA) is 81.2 Å². The zero-order valence-corrected chi connectivity index (χ0v) is 13.5. The zero-order chi connectivity index (χ0) is 16.1. The molecule has 0 unspecified atom stereocenters. The number of aromatic nitrogens is 2. The smallest absolute Gasteiger partial charge is 0.272 e. The summed E-state index contributed by atoms with van der Waals surface area (Å²) >= 11 is 0. The molecule has 0 spiro atoms. The number of hydrogen-bond donors (Lipinski definition) is 1. The van der Waals surface area contributed by atoms with Crippen molar-refractivity contribution in [1.82, 2.24) is 14.7 Å². The van der Waals surface area contributed by atoms with Gasteiger partial charge in [0, 0.05) is 19.0 Å². The summed E-state index contributed by atoms with van der Waals surface area (Å²) < 4.78 is 1.83. The molecular weight excluding hydrogens is 280 g/mol. The van der Waals surface area contributed by atoms with Gasteiger partial charge >= 0.3 is 0 Å². The third-order valence-electron chi connectivity index (χ3n) is 4.46. The Bertz CT molecular complexity index is 610. The van der Waals surface area contributed by atoms with Crippen molar-refractivity contribution in [2.75, 3.05) is 13.1 Å². The fourth-order valence-electron chi connectivity index (χ4n) is 2.98. The number of amides is 2. The van der Waals surface area contributed by atoms with Crippen LogP contribution in [0.3, 0.4) is 0 Å². The van der Waals surface area contributed by atoms with Gasteiger partial charge in [-0.05, 0) is 46.1 Å². The Morgan fingerprint density at radius 3 is 2.45 bits per heavy atom. The summed E-state index contributed by atoms with van der Waals surface area (Å²) in [6.45, 7) is 7.14. The maximum atomic E-state index is 12.9. The van der Waals surface area contributed by atoms with Gasteiger partial charge in [-0.2, -0.15) is 5.10 Å². The van der Waals surface area contributed by atoms with E-state index in [1.807, 2.05) is 31.5 Å². The number of nitrogens with two attached hydrogens (primary N) is 1. The second kappa shape index (κ2) is 5.11. The largest absolute Gasteiger partial charge is 0.369 e. The van der Waals surface area contributed by atoms with Gasteiger partial charge in [0.05, 0.1) is 17.2 Å². The first-order valence-corrected chi connectivity index (χ1v) is 7.96. The molecule has 6 nitrogen and oxygen atoms in total. The van der Waals surface area contributed by atoms with Gasteiger partial charge in [0.15, 0.2) is 0 Å². The van der Waals surface area contributed by atoms with Crippen molar-refractivity contribution in [1.29, 1.82) is 0 Å². The van der Waals surface area contributed by atoms with Crippen LogP contribution in [0.4, 0.5) is 0 Å². The Balaban J connectivity index is 1.87. The molecule has 2 fully saturated rings. The SMILES string of the molecule is CC(C)(C)n1nc(C2CC2)cc1C(=O)N1CC[C@@H](C(N)=O)C1. The second-order valence-corrected chi connectivity index (χ2v) is 7.45. The lowest BCUT2D eigenvalue weighted by molar-refractivity contribution is -0.121. The summed E-state index contributed by atoms with van der Waals surface area (Å²) in [6, 6.07) is 1.93. The molecule has 1 saturated heterocycles. The van der Waals surface area contributed by atoms with Gasteiger partial charge in [-0.25, -0.2) is 0 Å². The first-order chi connectivity index (χ1) is 10.3. The van der Waals surface area contributed by atoms with E-state index >= 15 is 0 Å². The standard InChI is InChI=1S/C16H24N4O2/c1-16(2,3)20-13(8-12(18-20)10-4-5-10)15(22)19-7-6-11(9-19)14(17)21/h8,10-11H,4-7,9H2,1-3H3,(H2,17,21)/t11-/m1/s1. The lowest BCUT2D eigenvalue weighted by atomic mass is 10.1. The van der Waals surface area contributed by atoms with Crippen molar-refractivity contribution in [3.63, 3.8) is 0 Å². The summed E-state index contributed by atoms with van der Waals surface area (Å²) in [5.74, 6) is -0.0821. The molecule has 2 amide bonds. The van der Waals surface area contributed by atoms with Crippen molar-refractivity contribution in [3.05, 3.63) is 17.5 Å². The molecule has 22 heavy (non-hydrogen) atoms. The number of primary amides is 1. The van der Waals surface area contributed by atoms with Crippen LogP contribution in [0.5, 0.6) is 0 Å². The molecule has 1 saturated carbocycles. The molecule has 0 aromatic carbocycles. The molecule has 2 heterocycles. The second-order valence-electron chi connectivity index (χ2n) is 7.45. The number of rotatable bonds is 3. The van der Waals surface area contributed by atoms with E-state index < -0.39 is 0 Å². The highest BCUT2D eigenvalue weighted by atomic mass is 16.2. The number of carbonyl (C=O) groups excluding carboxylic acids is 2. The molecular formula is C16H24N4O2. The van der Waals surface area contributed by atoms with Crippen LogP contribution in [0.2, 0.25) is 0 Å². The first-order valence-electron chi connectivity index (χ1n) is 7.96. The van der Waals surface area contributed by atoms with Gasteiger partial charge in [-0.3, -0.25) is 14.3 Å². The molecule has 1 aromatic heterocycles. The molecule has 2 N–H and O–H groups in total. The highest BCUT2D eigenvalue weighted by Crippen LogP contribution is 2.40. The van der Waals surface area contributed by atoms with Gasteiger partial charge in [0.2, 0.25) is 5.91 Å². The normalized spacial score (nSPS) is 22.1. The van der Waals surface area contributed by atoms with Crippen LogP contribution in [-0.4, -0.2) is 39.6 Å². The fourth-order valence-corrected chi connectivity index (χ4v) is 2.98. The van der Waals surface area contributed by atoms with Crippen molar-refractivity contribution >= 4 is 11.8 Å². The number of nitrogens with zero attached hydrogens (tertiary/aromatic N) is 3. The molecule has 6 heteroatoms. The van der Waals surface area contributed by atoms with Crippen LogP contribution in [0.25, 0.3) is 0 Å². The summed E-state index contributed by atoms with van der Waals surface area (Å²) in [7, 11) is 0. The van der Waals surface area contributed by atoms with E-state index in [9.17, 15) is 9.59 Å². The van der Waals surface area contributed by atoms with Crippen LogP contribution >= 0.6 is 0 Å². The minimum absolute atomic E-state index is 0.0434. The van der Waals surface area contributed by atoms with Crippen molar-refractivity contribution in [2.24, 2.45) is 11.7 Å². The molecule has 1 aliphatic heterocycles. The lowest BCUT2D eigenvalue weighted by Gasteiger charge is -2.24. The molecule has 2 aliphatic rings. The van der Waals surface area contributed by atoms with Crippen LogP contribution in [0.15, 0.2) is 6.07 Å². The maximum absolute atomic E-state index is 12.9. The van der Waals surface area contributed by atoms with Gasteiger partial charge < -0.3 is 10.6 Å². The Morgan fingerprint density at radius 1 is 1.27 bits per heavy atom. The van der Waals surface area contributed by atoms with Crippen LogP contribution in [0.1, 0.15) is 62.1 Å². The van der Waals surface area contributed by atoms with E-state index in [0.717, 1.165) is 18.5 Å². The van der Waals surface area contributed by atoms with Crippen LogP contribution < -0.4 is 5.73 Å².